The van der Waals surface area contributed by atoms with Crippen molar-refractivity contribution in [3.05, 3.63) is 29.6 Å². The first kappa shape index (κ1) is 14.0. The number of nitrogens with one attached hydrogen (secondary N) is 1. The Morgan fingerprint density at radius 1 is 1.35 bits per heavy atom. The van der Waals surface area contributed by atoms with Crippen molar-refractivity contribution in [1.82, 2.24) is 5.32 Å². The molecule has 0 aromatic heterocycles. The van der Waals surface area contributed by atoms with Crippen LogP contribution in [-0.2, 0) is 6.54 Å². The molecule has 0 aliphatic rings. The van der Waals surface area contributed by atoms with E-state index in [9.17, 15) is 4.39 Å². The van der Waals surface area contributed by atoms with Crippen LogP contribution in [0.3, 0.4) is 0 Å². The highest BCUT2D eigenvalue weighted by molar-refractivity contribution is 5.53. The van der Waals surface area contributed by atoms with Crippen LogP contribution < -0.4 is 10.2 Å². The van der Waals surface area contributed by atoms with E-state index in [-0.39, 0.29) is 5.82 Å². The Hall–Kier alpha value is -1.09. The van der Waals surface area contributed by atoms with Gasteiger partial charge in [0.1, 0.15) is 5.82 Å². The van der Waals surface area contributed by atoms with Crippen molar-refractivity contribution in [2.45, 2.75) is 26.8 Å². The van der Waals surface area contributed by atoms with Gasteiger partial charge in [0, 0.05) is 31.4 Å². The summed E-state index contributed by atoms with van der Waals surface area (Å²) in [6, 6.07) is 5.28. The summed E-state index contributed by atoms with van der Waals surface area (Å²) in [6.07, 6.45) is 1.12. The Balaban J connectivity index is 2.84. The molecule has 1 N–H and O–H groups in total. The van der Waals surface area contributed by atoms with Crippen LogP contribution in [-0.4, -0.2) is 20.6 Å². The molecule has 0 radical (unpaired) electrons. The van der Waals surface area contributed by atoms with Crippen molar-refractivity contribution in [3.63, 3.8) is 0 Å². The van der Waals surface area contributed by atoms with Gasteiger partial charge in [0.15, 0.2) is 0 Å². The summed E-state index contributed by atoms with van der Waals surface area (Å²) in [5.74, 6) is 0.534. The summed E-state index contributed by atoms with van der Waals surface area (Å²) in [5, 5.41) is 3.02. The number of nitrogens with zero attached hydrogens (tertiary/aromatic N) is 1. The summed E-state index contributed by atoms with van der Waals surface area (Å²) < 4.78 is 13.7. The van der Waals surface area contributed by atoms with Crippen molar-refractivity contribution >= 4 is 5.69 Å². The first-order valence-electron chi connectivity index (χ1n) is 6.19. The molecule has 0 bridgehead atoms. The van der Waals surface area contributed by atoms with E-state index in [1.54, 1.807) is 6.07 Å². The van der Waals surface area contributed by atoms with Crippen molar-refractivity contribution in [2.24, 2.45) is 5.92 Å². The van der Waals surface area contributed by atoms with Crippen LogP contribution in [0.15, 0.2) is 18.2 Å². The molecule has 96 valence electrons. The second-order valence-corrected chi connectivity index (χ2v) is 4.87. The van der Waals surface area contributed by atoms with Crippen LogP contribution in [0.1, 0.15) is 25.8 Å². The van der Waals surface area contributed by atoms with Gasteiger partial charge in [0.2, 0.25) is 0 Å². The van der Waals surface area contributed by atoms with E-state index < -0.39 is 0 Å². The number of hydrogen-bond acceptors (Lipinski definition) is 2. The van der Waals surface area contributed by atoms with Crippen molar-refractivity contribution in [1.29, 1.82) is 0 Å². The normalized spacial score (nSPS) is 10.9. The average Bonchev–Trinajstić information content (AvgIpc) is 2.29. The van der Waals surface area contributed by atoms with E-state index in [0.717, 1.165) is 24.2 Å². The maximum Gasteiger partial charge on any atom is 0.129 e. The van der Waals surface area contributed by atoms with Gasteiger partial charge in [-0.2, -0.15) is 0 Å². The van der Waals surface area contributed by atoms with Crippen molar-refractivity contribution < 1.29 is 4.39 Å². The summed E-state index contributed by atoms with van der Waals surface area (Å²) in [4.78, 5) is 2.13. The minimum absolute atomic E-state index is 0.131. The average molecular weight is 238 g/mol. The Kier molecular flexibility index (Phi) is 5.42. The minimum atomic E-state index is -0.131. The summed E-state index contributed by atoms with van der Waals surface area (Å²) in [5.41, 5.74) is 1.74. The highest BCUT2D eigenvalue weighted by atomic mass is 19.1. The number of anilines is 1. The van der Waals surface area contributed by atoms with Crippen LogP contribution in [0.4, 0.5) is 10.1 Å². The molecular formula is C14H23FN2. The topological polar surface area (TPSA) is 15.3 Å². The fourth-order valence-corrected chi connectivity index (χ4v) is 1.83. The fraction of sp³-hybridized carbons (Fsp3) is 0.571. The van der Waals surface area contributed by atoms with Gasteiger partial charge in [-0.3, -0.25) is 0 Å². The zero-order chi connectivity index (χ0) is 12.8. The second-order valence-electron chi connectivity index (χ2n) is 4.87. The van der Waals surface area contributed by atoms with E-state index in [2.05, 4.69) is 24.1 Å². The first-order chi connectivity index (χ1) is 8.06. The van der Waals surface area contributed by atoms with E-state index in [1.165, 1.54) is 6.07 Å². The first-order valence-corrected chi connectivity index (χ1v) is 6.19. The summed E-state index contributed by atoms with van der Waals surface area (Å²) in [7, 11) is 3.86. The molecule has 2 nitrogen and oxygen atoms in total. The molecular weight excluding hydrogens is 215 g/mol. The standard InChI is InChI=1S/C14H23FN2/c1-11(2)8-9-17(4)14-7-5-6-13(15)12(14)10-16-3/h5-7,11,16H,8-10H2,1-4H3. The SMILES string of the molecule is CNCc1c(F)cccc1N(C)CCC(C)C. The van der Waals surface area contributed by atoms with Crippen molar-refractivity contribution in [3.8, 4) is 0 Å². The molecule has 0 saturated carbocycles. The predicted molar refractivity (Wildman–Crippen MR) is 71.9 cm³/mol. The lowest BCUT2D eigenvalue weighted by Gasteiger charge is -2.23. The summed E-state index contributed by atoms with van der Waals surface area (Å²) >= 11 is 0. The van der Waals surface area contributed by atoms with Crippen LogP contribution in [0.5, 0.6) is 0 Å². The lowest BCUT2D eigenvalue weighted by atomic mass is 10.1. The highest BCUT2D eigenvalue weighted by Gasteiger charge is 2.11. The molecule has 0 heterocycles. The molecule has 0 aliphatic carbocycles. The highest BCUT2D eigenvalue weighted by Crippen LogP contribution is 2.22. The predicted octanol–water partition coefficient (Wildman–Crippen LogP) is 3.03. The third-order valence-electron chi connectivity index (χ3n) is 2.90. The van der Waals surface area contributed by atoms with Gasteiger partial charge in [-0.15, -0.1) is 0 Å². The molecule has 17 heavy (non-hydrogen) atoms. The van der Waals surface area contributed by atoms with E-state index in [0.29, 0.717) is 12.5 Å². The Bertz CT molecular complexity index is 350. The van der Waals surface area contributed by atoms with Crippen LogP contribution >= 0.6 is 0 Å². The molecule has 0 amide bonds. The van der Waals surface area contributed by atoms with Gasteiger partial charge in [0.05, 0.1) is 0 Å². The second kappa shape index (κ2) is 6.60. The van der Waals surface area contributed by atoms with Crippen LogP contribution in [0.2, 0.25) is 0 Å². The molecule has 0 saturated heterocycles. The zero-order valence-electron chi connectivity index (χ0n) is 11.3. The molecule has 3 heteroatoms. The zero-order valence-corrected chi connectivity index (χ0v) is 11.3. The number of hydrogen-bond donors (Lipinski definition) is 1. The fourth-order valence-electron chi connectivity index (χ4n) is 1.83. The third-order valence-corrected chi connectivity index (χ3v) is 2.90. The lowest BCUT2D eigenvalue weighted by Crippen LogP contribution is -2.23. The van der Waals surface area contributed by atoms with Gasteiger partial charge in [-0.1, -0.05) is 19.9 Å². The molecule has 0 atom stereocenters. The summed E-state index contributed by atoms with van der Waals surface area (Å²) in [6.45, 7) is 5.92. The largest absolute Gasteiger partial charge is 0.374 e. The van der Waals surface area contributed by atoms with E-state index in [4.69, 9.17) is 0 Å². The maximum absolute atomic E-state index is 13.7. The molecule has 1 aromatic rings. The van der Waals surface area contributed by atoms with Gasteiger partial charge in [-0.05, 0) is 31.5 Å². The van der Waals surface area contributed by atoms with E-state index >= 15 is 0 Å². The van der Waals surface area contributed by atoms with Crippen LogP contribution in [0.25, 0.3) is 0 Å². The van der Waals surface area contributed by atoms with Gasteiger partial charge in [0.25, 0.3) is 0 Å². The Labute approximate surface area is 104 Å². The molecule has 0 fully saturated rings. The Morgan fingerprint density at radius 3 is 2.65 bits per heavy atom. The lowest BCUT2D eigenvalue weighted by molar-refractivity contribution is 0.578. The van der Waals surface area contributed by atoms with Gasteiger partial charge >= 0.3 is 0 Å². The number of benzene rings is 1. The molecule has 0 unspecified atom stereocenters. The molecule has 0 spiro atoms. The van der Waals surface area contributed by atoms with Gasteiger partial charge < -0.3 is 10.2 Å². The number of rotatable bonds is 6. The van der Waals surface area contributed by atoms with Gasteiger partial charge in [-0.25, -0.2) is 4.39 Å². The molecule has 0 aliphatic heterocycles. The third kappa shape index (κ3) is 4.00. The van der Waals surface area contributed by atoms with Crippen LogP contribution in [0, 0.1) is 11.7 Å². The quantitative estimate of drug-likeness (QED) is 0.819. The molecule has 1 aromatic carbocycles. The van der Waals surface area contributed by atoms with Crippen molar-refractivity contribution in [2.75, 3.05) is 25.5 Å². The van der Waals surface area contributed by atoms with E-state index in [1.807, 2.05) is 20.2 Å². The maximum atomic E-state index is 13.7. The minimum Gasteiger partial charge on any atom is -0.374 e. The smallest absolute Gasteiger partial charge is 0.129 e. The number of halogens is 1. The Morgan fingerprint density at radius 2 is 2.06 bits per heavy atom. The monoisotopic (exact) mass is 238 g/mol. The molecule has 1 rings (SSSR count).